The highest BCUT2D eigenvalue weighted by Crippen LogP contribution is 2.34. The van der Waals surface area contributed by atoms with Crippen LogP contribution in [-0.2, 0) is 11.8 Å². The molecule has 1 heteroatoms. The summed E-state index contributed by atoms with van der Waals surface area (Å²) in [6.45, 7) is 8.03. The van der Waals surface area contributed by atoms with Crippen LogP contribution in [-0.4, -0.2) is 6.54 Å². The van der Waals surface area contributed by atoms with Crippen LogP contribution in [0.15, 0.2) is 18.2 Å². The van der Waals surface area contributed by atoms with Crippen LogP contribution in [0.1, 0.15) is 44.7 Å². The lowest BCUT2D eigenvalue weighted by Gasteiger charge is -2.27. The fraction of sp³-hybridized carbons (Fsp3) is 0.571. The van der Waals surface area contributed by atoms with Gasteiger partial charge in [0.1, 0.15) is 0 Å². The Labute approximate surface area is 92.9 Å². The lowest BCUT2D eigenvalue weighted by Crippen LogP contribution is -2.19. The van der Waals surface area contributed by atoms with Gasteiger partial charge >= 0.3 is 0 Å². The molecule has 1 N–H and O–H groups in total. The topological polar surface area (TPSA) is 12.0 Å². The SMILES string of the molecule is CCC(C)(CC)c1ccc2c(c1)NCC2. The third-order valence-electron chi connectivity index (χ3n) is 4.08. The Morgan fingerprint density at radius 3 is 2.67 bits per heavy atom. The minimum absolute atomic E-state index is 0.347. The van der Waals surface area contributed by atoms with Crippen molar-refractivity contribution in [2.24, 2.45) is 0 Å². The number of hydrogen-bond acceptors (Lipinski definition) is 1. The second-order valence-electron chi connectivity index (χ2n) is 4.82. The molecule has 82 valence electrons. The molecular formula is C14H21N. The highest BCUT2D eigenvalue weighted by atomic mass is 14.9. The zero-order valence-electron chi connectivity index (χ0n) is 10.1. The van der Waals surface area contributed by atoms with E-state index in [1.807, 2.05) is 0 Å². The summed E-state index contributed by atoms with van der Waals surface area (Å²) in [5.41, 5.74) is 4.67. The molecule has 0 unspecified atom stereocenters. The van der Waals surface area contributed by atoms with Crippen LogP contribution in [0.2, 0.25) is 0 Å². The average molecular weight is 203 g/mol. The van der Waals surface area contributed by atoms with Crippen LogP contribution < -0.4 is 5.32 Å². The Bertz CT molecular complexity index is 350. The van der Waals surface area contributed by atoms with E-state index in [9.17, 15) is 0 Å². The van der Waals surface area contributed by atoms with Gasteiger partial charge in [0.2, 0.25) is 0 Å². The van der Waals surface area contributed by atoms with E-state index in [-0.39, 0.29) is 0 Å². The molecule has 1 heterocycles. The maximum Gasteiger partial charge on any atom is 0.0376 e. The van der Waals surface area contributed by atoms with E-state index in [1.165, 1.54) is 36.1 Å². The van der Waals surface area contributed by atoms with E-state index in [2.05, 4.69) is 44.3 Å². The van der Waals surface area contributed by atoms with Gasteiger partial charge < -0.3 is 5.32 Å². The van der Waals surface area contributed by atoms with E-state index in [0.717, 1.165) is 6.54 Å². The quantitative estimate of drug-likeness (QED) is 0.789. The molecule has 1 aromatic rings. The molecular weight excluding hydrogens is 182 g/mol. The molecule has 0 radical (unpaired) electrons. The van der Waals surface area contributed by atoms with Crippen molar-refractivity contribution in [3.8, 4) is 0 Å². The summed E-state index contributed by atoms with van der Waals surface area (Å²) >= 11 is 0. The van der Waals surface area contributed by atoms with Gasteiger partial charge in [0.15, 0.2) is 0 Å². The first kappa shape index (κ1) is 10.5. The van der Waals surface area contributed by atoms with Crippen LogP contribution >= 0.6 is 0 Å². The van der Waals surface area contributed by atoms with Crippen LogP contribution in [0, 0.1) is 0 Å². The van der Waals surface area contributed by atoms with Crippen molar-refractivity contribution >= 4 is 5.69 Å². The second-order valence-corrected chi connectivity index (χ2v) is 4.82. The zero-order chi connectivity index (χ0) is 10.9. The molecule has 0 saturated carbocycles. The number of benzene rings is 1. The zero-order valence-corrected chi connectivity index (χ0v) is 10.1. The van der Waals surface area contributed by atoms with E-state index in [0.29, 0.717) is 5.41 Å². The van der Waals surface area contributed by atoms with Gasteiger partial charge in [0.25, 0.3) is 0 Å². The fourth-order valence-electron chi connectivity index (χ4n) is 2.32. The first-order valence-corrected chi connectivity index (χ1v) is 6.07. The third kappa shape index (κ3) is 1.75. The molecule has 0 aliphatic carbocycles. The molecule has 0 bridgehead atoms. The van der Waals surface area contributed by atoms with Gasteiger partial charge in [-0.25, -0.2) is 0 Å². The minimum Gasteiger partial charge on any atom is -0.384 e. The van der Waals surface area contributed by atoms with Gasteiger partial charge in [-0.3, -0.25) is 0 Å². The summed E-state index contributed by atoms with van der Waals surface area (Å²) in [7, 11) is 0. The van der Waals surface area contributed by atoms with Crippen molar-refractivity contribution in [3.05, 3.63) is 29.3 Å². The van der Waals surface area contributed by atoms with Crippen LogP contribution in [0.3, 0.4) is 0 Å². The van der Waals surface area contributed by atoms with Crippen molar-refractivity contribution in [1.29, 1.82) is 0 Å². The summed E-state index contributed by atoms with van der Waals surface area (Å²) < 4.78 is 0. The van der Waals surface area contributed by atoms with Crippen LogP contribution in [0.25, 0.3) is 0 Å². The maximum atomic E-state index is 3.46. The molecule has 1 aliphatic heterocycles. The number of hydrogen-bond donors (Lipinski definition) is 1. The molecule has 0 atom stereocenters. The maximum absolute atomic E-state index is 3.46. The van der Waals surface area contributed by atoms with Gasteiger partial charge in [0.05, 0.1) is 0 Å². The Balaban J connectivity index is 2.37. The predicted octanol–water partition coefficient (Wildman–Crippen LogP) is 3.73. The van der Waals surface area contributed by atoms with E-state index in [4.69, 9.17) is 0 Å². The number of anilines is 1. The summed E-state index contributed by atoms with van der Waals surface area (Å²) in [4.78, 5) is 0. The Morgan fingerprint density at radius 1 is 1.27 bits per heavy atom. The summed E-state index contributed by atoms with van der Waals surface area (Å²) in [6, 6.07) is 6.97. The molecule has 0 fully saturated rings. The first-order valence-electron chi connectivity index (χ1n) is 6.07. The average Bonchev–Trinajstić information content (AvgIpc) is 2.74. The number of rotatable bonds is 3. The Kier molecular flexibility index (Phi) is 2.72. The lowest BCUT2D eigenvalue weighted by atomic mass is 9.77. The highest BCUT2D eigenvalue weighted by molar-refractivity contribution is 5.58. The standard InChI is InChI=1S/C14H21N/c1-4-14(3,5-2)12-7-6-11-8-9-15-13(11)10-12/h6-7,10,15H,4-5,8-9H2,1-3H3. The molecule has 1 aromatic carbocycles. The Morgan fingerprint density at radius 2 is 2.00 bits per heavy atom. The number of nitrogens with one attached hydrogen (secondary N) is 1. The predicted molar refractivity (Wildman–Crippen MR) is 66.6 cm³/mol. The van der Waals surface area contributed by atoms with Crippen molar-refractivity contribution in [1.82, 2.24) is 0 Å². The normalized spacial score (nSPS) is 14.9. The van der Waals surface area contributed by atoms with Crippen molar-refractivity contribution < 1.29 is 0 Å². The van der Waals surface area contributed by atoms with Gasteiger partial charge in [-0.1, -0.05) is 32.9 Å². The van der Waals surface area contributed by atoms with Crippen LogP contribution in [0.5, 0.6) is 0 Å². The van der Waals surface area contributed by atoms with Crippen molar-refractivity contribution in [3.63, 3.8) is 0 Å². The van der Waals surface area contributed by atoms with Crippen molar-refractivity contribution in [2.45, 2.75) is 45.4 Å². The molecule has 0 saturated heterocycles. The molecule has 2 rings (SSSR count). The first-order chi connectivity index (χ1) is 7.19. The molecule has 0 amide bonds. The fourth-order valence-corrected chi connectivity index (χ4v) is 2.32. The van der Waals surface area contributed by atoms with E-state index < -0.39 is 0 Å². The monoisotopic (exact) mass is 203 g/mol. The molecule has 15 heavy (non-hydrogen) atoms. The largest absolute Gasteiger partial charge is 0.384 e. The molecule has 1 aliphatic rings. The Hall–Kier alpha value is -0.980. The third-order valence-corrected chi connectivity index (χ3v) is 4.08. The summed E-state index contributed by atoms with van der Waals surface area (Å²) in [6.07, 6.45) is 3.61. The van der Waals surface area contributed by atoms with E-state index >= 15 is 0 Å². The lowest BCUT2D eigenvalue weighted by molar-refractivity contribution is 0.439. The van der Waals surface area contributed by atoms with Gasteiger partial charge in [-0.15, -0.1) is 0 Å². The molecule has 1 nitrogen and oxygen atoms in total. The smallest absolute Gasteiger partial charge is 0.0376 e. The van der Waals surface area contributed by atoms with Gasteiger partial charge in [0, 0.05) is 12.2 Å². The summed E-state index contributed by atoms with van der Waals surface area (Å²) in [5, 5.41) is 3.46. The number of fused-ring (bicyclic) bond motifs is 1. The summed E-state index contributed by atoms with van der Waals surface area (Å²) in [5.74, 6) is 0. The second kappa shape index (κ2) is 3.88. The molecule has 0 spiro atoms. The van der Waals surface area contributed by atoms with Gasteiger partial charge in [-0.05, 0) is 41.9 Å². The van der Waals surface area contributed by atoms with E-state index in [1.54, 1.807) is 0 Å². The van der Waals surface area contributed by atoms with Crippen LogP contribution in [0.4, 0.5) is 5.69 Å². The highest BCUT2D eigenvalue weighted by Gasteiger charge is 2.23. The minimum atomic E-state index is 0.347. The molecule has 0 aromatic heterocycles. The van der Waals surface area contributed by atoms with Gasteiger partial charge in [-0.2, -0.15) is 0 Å². The van der Waals surface area contributed by atoms with Crippen molar-refractivity contribution in [2.75, 3.05) is 11.9 Å².